The zero-order valence-electron chi connectivity index (χ0n) is 15.5. The molecule has 5 heteroatoms. The minimum atomic E-state index is -0.0183. The summed E-state index contributed by atoms with van der Waals surface area (Å²) in [4.78, 5) is 15.0. The van der Waals surface area contributed by atoms with Gasteiger partial charge in [-0.1, -0.05) is 30.3 Å². The highest BCUT2D eigenvalue weighted by molar-refractivity contribution is 5.92. The molecule has 2 fully saturated rings. The van der Waals surface area contributed by atoms with Crippen molar-refractivity contribution >= 4 is 5.91 Å². The molecule has 5 nitrogen and oxygen atoms in total. The van der Waals surface area contributed by atoms with Gasteiger partial charge in [-0.2, -0.15) is 5.10 Å². The molecule has 1 aliphatic heterocycles. The molecule has 0 spiro atoms. The van der Waals surface area contributed by atoms with Crippen LogP contribution in [0, 0.1) is 0 Å². The number of carbonyl (C=O) groups is 1. The van der Waals surface area contributed by atoms with E-state index in [2.05, 4.69) is 45.6 Å². The van der Waals surface area contributed by atoms with E-state index in [0.717, 1.165) is 38.9 Å². The second-order valence-electron chi connectivity index (χ2n) is 7.68. The van der Waals surface area contributed by atoms with Crippen molar-refractivity contribution in [2.24, 2.45) is 7.05 Å². The highest BCUT2D eigenvalue weighted by atomic mass is 16.2. The Morgan fingerprint density at radius 1 is 1.15 bits per heavy atom. The molecule has 2 aromatic rings. The largest absolute Gasteiger partial charge is 0.348 e. The number of nitrogens with one attached hydrogen (secondary N) is 1. The van der Waals surface area contributed by atoms with Crippen molar-refractivity contribution in [3.8, 4) is 0 Å². The van der Waals surface area contributed by atoms with Crippen LogP contribution in [0.2, 0.25) is 0 Å². The minimum Gasteiger partial charge on any atom is -0.348 e. The van der Waals surface area contributed by atoms with Crippen LogP contribution in [0.4, 0.5) is 0 Å². The molecule has 138 valence electrons. The highest BCUT2D eigenvalue weighted by Crippen LogP contribution is 2.39. The number of amides is 1. The summed E-state index contributed by atoms with van der Waals surface area (Å²) in [5.74, 6) is 0.595. The number of piperidine rings is 1. The lowest BCUT2D eigenvalue weighted by Gasteiger charge is -2.32. The number of likely N-dealkylation sites (tertiary alicyclic amines) is 1. The minimum absolute atomic E-state index is 0.0183. The van der Waals surface area contributed by atoms with Crippen LogP contribution in [0.3, 0.4) is 0 Å². The van der Waals surface area contributed by atoms with Gasteiger partial charge < -0.3 is 10.2 Å². The van der Waals surface area contributed by atoms with Gasteiger partial charge in [0.15, 0.2) is 0 Å². The lowest BCUT2D eigenvalue weighted by molar-refractivity contribution is 0.0905. The van der Waals surface area contributed by atoms with Gasteiger partial charge in [0.2, 0.25) is 0 Å². The predicted molar refractivity (Wildman–Crippen MR) is 102 cm³/mol. The summed E-state index contributed by atoms with van der Waals surface area (Å²) in [5.41, 5.74) is 3.16. The molecular weight excluding hydrogens is 324 g/mol. The number of rotatable bonds is 6. The van der Waals surface area contributed by atoms with Crippen LogP contribution in [0.25, 0.3) is 0 Å². The molecule has 1 saturated carbocycles. The monoisotopic (exact) mass is 352 g/mol. The predicted octanol–water partition coefficient (Wildman–Crippen LogP) is 2.73. The standard InChI is InChI=1S/C21H28N4O/c1-24-20(17-7-8-17)15-19(23-24)21(26)22-18-10-13-25(14-11-18)12-9-16-5-3-2-4-6-16/h2-6,15,17-18H,7-14H2,1H3,(H,22,26). The van der Waals surface area contributed by atoms with E-state index in [1.54, 1.807) is 0 Å². The van der Waals surface area contributed by atoms with E-state index in [-0.39, 0.29) is 11.9 Å². The van der Waals surface area contributed by atoms with Crippen LogP contribution in [0.15, 0.2) is 36.4 Å². The molecule has 0 unspecified atom stereocenters. The van der Waals surface area contributed by atoms with Crippen molar-refractivity contribution in [1.82, 2.24) is 20.0 Å². The molecule has 1 amide bonds. The molecule has 1 saturated heterocycles. The summed E-state index contributed by atoms with van der Waals surface area (Å²) in [5, 5.41) is 7.60. The fourth-order valence-electron chi connectivity index (χ4n) is 3.85. The quantitative estimate of drug-likeness (QED) is 0.870. The Morgan fingerprint density at radius 2 is 1.88 bits per heavy atom. The average molecular weight is 352 g/mol. The second kappa shape index (κ2) is 7.62. The van der Waals surface area contributed by atoms with Crippen molar-refractivity contribution in [3.63, 3.8) is 0 Å². The number of hydrogen-bond donors (Lipinski definition) is 1. The van der Waals surface area contributed by atoms with Crippen molar-refractivity contribution in [2.45, 2.75) is 44.1 Å². The van der Waals surface area contributed by atoms with Gasteiger partial charge in [-0.05, 0) is 43.7 Å². The van der Waals surface area contributed by atoms with E-state index < -0.39 is 0 Å². The Labute approximate surface area is 155 Å². The Bertz CT molecular complexity index is 743. The normalized spacial score (nSPS) is 18.8. The summed E-state index contributed by atoms with van der Waals surface area (Å²) in [7, 11) is 1.94. The summed E-state index contributed by atoms with van der Waals surface area (Å²) in [6, 6.07) is 12.9. The van der Waals surface area contributed by atoms with Crippen molar-refractivity contribution < 1.29 is 4.79 Å². The first-order chi connectivity index (χ1) is 12.7. The van der Waals surface area contributed by atoms with Crippen LogP contribution in [0.5, 0.6) is 0 Å². The molecule has 1 aliphatic carbocycles. The lowest BCUT2D eigenvalue weighted by atomic mass is 10.0. The van der Waals surface area contributed by atoms with E-state index >= 15 is 0 Å². The Balaban J connectivity index is 1.23. The van der Waals surface area contributed by atoms with Gasteiger partial charge in [0, 0.05) is 44.3 Å². The van der Waals surface area contributed by atoms with Gasteiger partial charge in [0.1, 0.15) is 5.69 Å². The lowest BCUT2D eigenvalue weighted by Crippen LogP contribution is -2.45. The van der Waals surface area contributed by atoms with E-state index in [1.807, 2.05) is 17.8 Å². The van der Waals surface area contributed by atoms with Crippen LogP contribution in [0.1, 0.15) is 53.3 Å². The fraction of sp³-hybridized carbons (Fsp3) is 0.524. The number of carbonyl (C=O) groups excluding carboxylic acids is 1. The average Bonchev–Trinajstić information content (AvgIpc) is 3.43. The number of hydrogen-bond acceptors (Lipinski definition) is 3. The Hall–Kier alpha value is -2.14. The Kier molecular flexibility index (Phi) is 5.07. The first-order valence-electron chi connectivity index (χ1n) is 9.80. The third-order valence-corrected chi connectivity index (χ3v) is 5.63. The molecule has 0 radical (unpaired) electrons. The van der Waals surface area contributed by atoms with Crippen molar-refractivity contribution in [3.05, 3.63) is 53.3 Å². The van der Waals surface area contributed by atoms with Gasteiger partial charge in [-0.15, -0.1) is 0 Å². The van der Waals surface area contributed by atoms with Gasteiger partial charge in [0.25, 0.3) is 5.91 Å². The van der Waals surface area contributed by atoms with Crippen molar-refractivity contribution in [1.29, 1.82) is 0 Å². The molecule has 1 N–H and O–H groups in total. The number of benzene rings is 1. The third-order valence-electron chi connectivity index (χ3n) is 5.63. The van der Waals surface area contributed by atoms with Crippen molar-refractivity contribution in [2.75, 3.05) is 19.6 Å². The summed E-state index contributed by atoms with van der Waals surface area (Å²) in [6.07, 6.45) is 5.57. The van der Waals surface area contributed by atoms with Crippen LogP contribution >= 0.6 is 0 Å². The second-order valence-corrected chi connectivity index (χ2v) is 7.68. The van der Waals surface area contributed by atoms with Crippen LogP contribution in [-0.4, -0.2) is 46.3 Å². The molecule has 2 heterocycles. The van der Waals surface area contributed by atoms with Gasteiger partial charge in [-0.3, -0.25) is 9.48 Å². The fourth-order valence-corrected chi connectivity index (χ4v) is 3.85. The maximum Gasteiger partial charge on any atom is 0.272 e. The summed E-state index contributed by atoms with van der Waals surface area (Å²) >= 11 is 0. The van der Waals surface area contributed by atoms with E-state index in [1.165, 1.54) is 24.1 Å². The number of aryl methyl sites for hydroxylation is 1. The molecule has 1 aromatic heterocycles. The first-order valence-corrected chi connectivity index (χ1v) is 9.80. The Morgan fingerprint density at radius 3 is 2.58 bits per heavy atom. The zero-order chi connectivity index (χ0) is 17.9. The summed E-state index contributed by atoms with van der Waals surface area (Å²) < 4.78 is 1.87. The molecule has 4 rings (SSSR count). The molecule has 2 aliphatic rings. The molecule has 0 atom stereocenters. The maximum absolute atomic E-state index is 12.5. The highest BCUT2D eigenvalue weighted by Gasteiger charge is 2.29. The zero-order valence-corrected chi connectivity index (χ0v) is 15.5. The molecule has 0 bridgehead atoms. The summed E-state index contributed by atoms with van der Waals surface area (Å²) in [6.45, 7) is 3.19. The topological polar surface area (TPSA) is 50.2 Å². The number of aromatic nitrogens is 2. The van der Waals surface area contributed by atoms with Gasteiger partial charge >= 0.3 is 0 Å². The molecular formula is C21H28N4O. The van der Waals surface area contributed by atoms with Crippen LogP contribution in [-0.2, 0) is 13.5 Å². The van der Waals surface area contributed by atoms with Gasteiger partial charge in [0.05, 0.1) is 0 Å². The smallest absolute Gasteiger partial charge is 0.272 e. The third kappa shape index (κ3) is 4.15. The molecule has 26 heavy (non-hydrogen) atoms. The molecule has 1 aromatic carbocycles. The van der Waals surface area contributed by atoms with Gasteiger partial charge in [-0.25, -0.2) is 0 Å². The van der Waals surface area contributed by atoms with Crippen LogP contribution < -0.4 is 5.32 Å². The maximum atomic E-state index is 12.5. The van der Waals surface area contributed by atoms with E-state index in [9.17, 15) is 4.79 Å². The number of nitrogens with zero attached hydrogens (tertiary/aromatic N) is 3. The first kappa shape index (κ1) is 17.3. The van der Waals surface area contributed by atoms with E-state index in [0.29, 0.717) is 11.6 Å². The SMILES string of the molecule is Cn1nc(C(=O)NC2CCN(CCc3ccccc3)CC2)cc1C1CC1. The van der Waals surface area contributed by atoms with E-state index in [4.69, 9.17) is 0 Å².